The zero-order valence-electron chi connectivity index (χ0n) is 14.1. The summed E-state index contributed by atoms with van der Waals surface area (Å²) in [6, 6.07) is 11.2. The van der Waals surface area contributed by atoms with Crippen LogP contribution in [0.5, 0.6) is 0 Å². The summed E-state index contributed by atoms with van der Waals surface area (Å²) in [4.78, 5) is 35.3. The Hall–Kier alpha value is -2.37. The largest absolute Gasteiger partial charge is 0.457 e. The first-order valence-corrected chi connectivity index (χ1v) is 8.67. The second-order valence-corrected chi connectivity index (χ2v) is 6.32. The summed E-state index contributed by atoms with van der Waals surface area (Å²) in [5.74, 6) is -1.01. The number of carbonyl (C=O) groups excluding carboxylic acids is 3. The number of halogens is 2. The predicted octanol–water partition coefficient (Wildman–Crippen LogP) is 4.31. The fourth-order valence-electron chi connectivity index (χ4n) is 2.09. The van der Waals surface area contributed by atoms with Crippen LogP contribution in [0.3, 0.4) is 0 Å². The predicted molar refractivity (Wildman–Crippen MR) is 101 cm³/mol. The summed E-state index contributed by atoms with van der Waals surface area (Å²) < 4.78 is 5.01. The summed E-state index contributed by atoms with van der Waals surface area (Å²) in [6.45, 7) is 1.38. The summed E-state index contributed by atoms with van der Waals surface area (Å²) in [5.41, 5.74) is 1.56. The molecule has 2 rings (SSSR count). The molecule has 0 unspecified atom stereocenters. The van der Waals surface area contributed by atoms with Gasteiger partial charge in [-0.3, -0.25) is 14.4 Å². The number of ketones is 1. The van der Waals surface area contributed by atoms with Gasteiger partial charge in [0.05, 0.1) is 6.42 Å². The SMILES string of the molecule is CCC(=O)Nc1ccc(C(=O)COC(=O)Cc2ccc(Cl)cc2Cl)cc1. The lowest BCUT2D eigenvalue weighted by Crippen LogP contribution is -2.16. The molecule has 0 bridgehead atoms. The molecule has 7 heteroatoms. The molecule has 0 spiro atoms. The molecule has 1 N–H and O–H groups in total. The van der Waals surface area contributed by atoms with Crippen molar-refractivity contribution in [1.29, 1.82) is 0 Å². The first-order chi connectivity index (χ1) is 12.4. The van der Waals surface area contributed by atoms with Crippen LogP contribution in [0.25, 0.3) is 0 Å². The summed E-state index contributed by atoms with van der Waals surface area (Å²) in [5, 5.41) is 3.53. The number of ether oxygens (including phenoxy) is 1. The van der Waals surface area contributed by atoms with Crippen LogP contribution in [0.4, 0.5) is 5.69 Å². The van der Waals surface area contributed by atoms with Crippen LogP contribution in [0, 0.1) is 0 Å². The Morgan fingerprint density at radius 2 is 1.73 bits per heavy atom. The first-order valence-electron chi connectivity index (χ1n) is 7.91. The van der Waals surface area contributed by atoms with Crippen LogP contribution in [0.1, 0.15) is 29.3 Å². The minimum atomic E-state index is -0.561. The number of benzene rings is 2. The lowest BCUT2D eigenvalue weighted by molar-refractivity contribution is -0.141. The van der Waals surface area contributed by atoms with Gasteiger partial charge in [-0.05, 0) is 42.0 Å². The Kier molecular flexibility index (Phi) is 7.18. The van der Waals surface area contributed by atoms with Gasteiger partial charge < -0.3 is 10.1 Å². The van der Waals surface area contributed by atoms with Crippen molar-refractivity contribution >= 4 is 46.5 Å². The Bertz CT molecular complexity index is 819. The van der Waals surface area contributed by atoms with Crippen molar-refractivity contribution < 1.29 is 19.1 Å². The van der Waals surface area contributed by atoms with E-state index in [1.54, 1.807) is 43.3 Å². The average molecular weight is 394 g/mol. The lowest BCUT2D eigenvalue weighted by atomic mass is 10.1. The van der Waals surface area contributed by atoms with E-state index in [0.29, 0.717) is 33.3 Å². The molecule has 0 aliphatic rings. The third-order valence-corrected chi connectivity index (χ3v) is 4.11. The van der Waals surface area contributed by atoms with E-state index in [1.807, 2.05) is 0 Å². The molecule has 0 fully saturated rings. The number of nitrogens with one attached hydrogen (secondary N) is 1. The standard InChI is InChI=1S/C19H17Cl2NO4/c1-2-18(24)22-15-7-4-12(5-8-15)17(23)11-26-19(25)9-13-3-6-14(20)10-16(13)21/h3-8,10H,2,9,11H2,1H3,(H,22,24). The Morgan fingerprint density at radius 1 is 1.04 bits per heavy atom. The Labute approximate surface area is 161 Å². The van der Waals surface area contributed by atoms with Crippen LogP contribution >= 0.6 is 23.2 Å². The van der Waals surface area contributed by atoms with Crippen molar-refractivity contribution in [3.63, 3.8) is 0 Å². The summed E-state index contributed by atoms with van der Waals surface area (Å²) in [6.07, 6.45) is 0.319. The highest BCUT2D eigenvalue weighted by molar-refractivity contribution is 6.35. The fourth-order valence-corrected chi connectivity index (χ4v) is 2.57. The molecule has 0 heterocycles. The molecule has 0 saturated carbocycles. The van der Waals surface area contributed by atoms with Crippen LogP contribution in [0.2, 0.25) is 10.0 Å². The van der Waals surface area contributed by atoms with Gasteiger partial charge >= 0.3 is 5.97 Å². The van der Waals surface area contributed by atoms with Gasteiger partial charge in [0.2, 0.25) is 5.91 Å². The van der Waals surface area contributed by atoms with Gasteiger partial charge in [0.15, 0.2) is 12.4 Å². The molecule has 2 aromatic rings. The molecule has 0 aromatic heterocycles. The van der Waals surface area contributed by atoms with Crippen molar-refractivity contribution in [1.82, 2.24) is 0 Å². The van der Waals surface area contributed by atoms with Crippen LogP contribution in [0.15, 0.2) is 42.5 Å². The van der Waals surface area contributed by atoms with Crippen LogP contribution in [-0.4, -0.2) is 24.3 Å². The third kappa shape index (κ3) is 5.86. The zero-order chi connectivity index (χ0) is 19.1. The molecule has 26 heavy (non-hydrogen) atoms. The quantitative estimate of drug-likeness (QED) is 0.561. The maximum atomic E-state index is 12.1. The van der Waals surface area contributed by atoms with Gasteiger partial charge in [-0.1, -0.05) is 36.2 Å². The molecule has 0 radical (unpaired) electrons. The minimum absolute atomic E-state index is 0.0503. The van der Waals surface area contributed by atoms with E-state index in [1.165, 1.54) is 6.07 Å². The number of carbonyl (C=O) groups is 3. The van der Waals surface area contributed by atoms with Crippen LogP contribution < -0.4 is 5.32 Å². The molecule has 5 nitrogen and oxygen atoms in total. The van der Waals surface area contributed by atoms with E-state index in [4.69, 9.17) is 27.9 Å². The minimum Gasteiger partial charge on any atom is -0.457 e. The highest BCUT2D eigenvalue weighted by Gasteiger charge is 2.13. The maximum Gasteiger partial charge on any atom is 0.310 e. The summed E-state index contributed by atoms with van der Waals surface area (Å²) >= 11 is 11.8. The molecule has 0 atom stereocenters. The second kappa shape index (κ2) is 9.36. The highest BCUT2D eigenvalue weighted by Crippen LogP contribution is 2.21. The summed E-state index contributed by atoms with van der Waals surface area (Å²) in [7, 11) is 0. The van der Waals surface area contributed by atoms with Gasteiger partial charge in [-0.15, -0.1) is 0 Å². The molecule has 1 amide bonds. The van der Waals surface area contributed by atoms with Gasteiger partial charge in [0, 0.05) is 27.7 Å². The van der Waals surface area contributed by atoms with Gasteiger partial charge in [0.25, 0.3) is 0 Å². The molecular weight excluding hydrogens is 377 g/mol. The van der Waals surface area contributed by atoms with Crippen LogP contribution in [-0.2, 0) is 20.7 Å². The lowest BCUT2D eigenvalue weighted by Gasteiger charge is -2.07. The molecule has 136 valence electrons. The van der Waals surface area contributed by atoms with E-state index in [-0.39, 0.29) is 24.7 Å². The van der Waals surface area contributed by atoms with Gasteiger partial charge in [-0.2, -0.15) is 0 Å². The zero-order valence-corrected chi connectivity index (χ0v) is 15.6. The number of amides is 1. The second-order valence-electron chi connectivity index (χ2n) is 5.48. The Morgan fingerprint density at radius 3 is 2.35 bits per heavy atom. The number of esters is 1. The van der Waals surface area contributed by atoms with E-state index in [9.17, 15) is 14.4 Å². The third-order valence-electron chi connectivity index (χ3n) is 3.53. The van der Waals surface area contributed by atoms with E-state index >= 15 is 0 Å². The molecule has 2 aromatic carbocycles. The van der Waals surface area contributed by atoms with Crippen molar-refractivity contribution in [3.05, 3.63) is 63.6 Å². The monoisotopic (exact) mass is 393 g/mol. The van der Waals surface area contributed by atoms with Crippen molar-refractivity contribution in [2.75, 3.05) is 11.9 Å². The van der Waals surface area contributed by atoms with Gasteiger partial charge in [0.1, 0.15) is 0 Å². The normalized spacial score (nSPS) is 10.3. The van der Waals surface area contributed by atoms with Crippen molar-refractivity contribution in [2.24, 2.45) is 0 Å². The van der Waals surface area contributed by atoms with E-state index < -0.39 is 5.97 Å². The average Bonchev–Trinajstić information content (AvgIpc) is 2.62. The van der Waals surface area contributed by atoms with Crippen molar-refractivity contribution in [3.8, 4) is 0 Å². The maximum absolute atomic E-state index is 12.1. The number of hydrogen-bond donors (Lipinski definition) is 1. The highest BCUT2D eigenvalue weighted by atomic mass is 35.5. The fraction of sp³-hybridized carbons (Fsp3) is 0.211. The molecule has 0 saturated heterocycles. The topological polar surface area (TPSA) is 72.5 Å². The molecular formula is C19H17Cl2NO4. The molecule has 0 aliphatic heterocycles. The Balaban J connectivity index is 1.87. The number of hydrogen-bond acceptors (Lipinski definition) is 4. The number of anilines is 1. The van der Waals surface area contributed by atoms with Gasteiger partial charge in [-0.25, -0.2) is 0 Å². The van der Waals surface area contributed by atoms with Crippen molar-refractivity contribution in [2.45, 2.75) is 19.8 Å². The number of Topliss-reactive ketones (excluding diaryl/α,β-unsaturated/α-hetero) is 1. The van der Waals surface area contributed by atoms with E-state index in [2.05, 4.69) is 5.32 Å². The molecule has 0 aliphatic carbocycles. The first kappa shape index (κ1) is 19.9. The smallest absolute Gasteiger partial charge is 0.310 e. The van der Waals surface area contributed by atoms with E-state index in [0.717, 1.165) is 0 Å². The number of rotatable bonds is 7.